The van der Waals surface area contributed by atoms with Crippen LogP contribution in [0.5, 0.6) is 0 Å². The first-order valence-electron chi connectivity index (χ1n) is 9.80. The van der Waals surface area contributed by atoms with Crippen molar-refractivity contribution in [1.82, 2.24) is 4.90 Å². The third kappa shape index (κ3) is 3.64. The molecule has 5 heteroatoms. The molecule has 0 spiro atoms. The molecule has 3 aromatic rings. The summed E-state index contributed by atoms with van der Waals surface area (Å²) in [6, 6.07) is 12.4. The van der Waals surface area contributed by atoms with Crippen LogP contribution in [-0.2, 0) is 0 Å². The first-order valence-corrected chi connectivity index (χ1v) is 10.6. The predicted octanol–water partition coefficient (Wildman–Crippen LogP) is 5.70. The number of amides is 1. The van der Waals surface area contributed by atoms with Crippen LogP contribution >= 0.6 is 11.3 Å². The Balaban J connectivity index is 1.77. The first kappa shape index (κ1) is 19.0. The molecule has 4 rings (SSSR count). The summed E-state index contributed by atoms with van der Waals surface area (Å²) in [5, 5.41) is 4.04. The van der Waals surface area contributed by atoms with Crippen LogP contribution in [0, 0.1) is 20.8 Å². The van der Waals surface area contributed by atoms with E-state index in [1.54, 1.807) is 23.5 Å². The van der Waals surface area contributed by atoms with Crippen LogP contribution in [0.2, 0.25) is 0 Å². The number of thiophene rings is 1. The van der Waals surface area contributed by atoms with E-state index in [1.165, 1.54) is 46.2 Å². The number of hydrogen-bond acceptors (Lipinski definition) is 4. The number of rotatable bonds is 5. The van der Waals surface area contributed by atoms with Crippen molar-refractivity contribution < 1.29 is 9.21 Å². The summed E-state index contributed by atoms with van der Waals surface area (Å²) in [6.45, 7) is 8.57. The highest BCUT2D eigenvalue weighted by Gasteiger charge is 2.31. The second kappa shape index (κ2) is 7.94. The molecule has 146 valence electrons. The highest BCUT2D eigenvalue weighted by atomic mass is 32.1. The molecule has 0 unspecified atom stereocenters. The van der Waals surface area contributed by atoms with Gasteiger partial charge in [0.25, 0.3) is 5.91 Å². The fourth-order valence-corrected chi connectivity index (χ4v) is 5.04. The Morgan fingerprint density at radius 2 is 1.82 bits per heavy atom. The van der Waals surface area contributed by atoms with Crippen molar-refractivity contribution in [3.63, 3.8) is 0 Å². The largest absolute Gasteiger partial charge is 0.459 e. The van der Waals surface area contributed by atoms with Gasteiger partial charge in [0.15, 0.2) is 5.76 Å². The van der Waals surface area contributed by atoms with E-state index in [9.17, 15) is 4.79 Å². The topological polar surface area (TPSA) is 45.5 Å². The van der Waals surface area contributed by atoms with Gasteiger partial charge >= 0.3 is 0 Å². The highest BCUT2D eigenvalue weighted by molar-refractivity contribution is 7.16. The molecule has 0 radical (unpaired) electrons. The molecular formula is C23H26N2O2S. The maximum Gasteiger partial charge on any atom is 0.291 e. The molecule has 1 aliphatic heterocycles. The van der Waals surface area contributed by atoms with Gasteiger partial charge in [0.1, 0.15) is 5.00 Å². The number of likely N-dealkylation sites (tertiary alicyclic amines) is 1. The Bertz CT molecular complexity index is 951. The van der Waals surface area contributed by atoms with E-state index in [-0.39, 0.29) is 11.9 Å². The lowest BCUT2D eigenvalue weighted by Gasteiger charge is -2.29. The summed E-state index contributed by atoms with van der Waals surface area (Å²) < 4.78 is 5.28. The number of nitrogens with zero attached hydrogens (tertiary/aromatic N) is 1. The Morgan fingerprint density at radius 3 is 2.46 bits per heavy atom. The molecule has 1 fully saturated rings. The standard InChI is InChI=1S/C23H26N2O2S/c1-15-8-10-18(11-9-15)21(25-12-4-5-13-25)20-16(2)17(3)28-23(20)24-22(26)19-7-6-14-27-19/h6-11,14,21H,4-5,12-13H2,1-3H3,(H,24,26)/t21-/m1/s1. The maximum absolute atomic E-state index is 12.7. The van der Waals surface area contributed by atoms with E-state index >= 15 is 0 Å². The maximum atomic E-state index is 12.7. The summed E-state index contributed by atoms with van der Waals surface area (Å²) >= 11 is 1.65. The number of carbonyl (C=O) groups is 1. The summed E-state index contributed by atoms with van der Waals surface area (Å²) in [4.78, 5) is 16.4. The molecule has 1 atom stereocenters. The third-order valence-electron chi connectivity index (χ3n) is 5.58. The molecule has 1 amide bonds. The van der Waals surface area contributed by atoms with E-state index < -0.39 is 0 Å². The quantitative estimate of drug-likeness (QED) is 0.603. The summed E-state index contributed by atoms with van der Waals surface area (Å²) in [5.41, 5.74) is 5.01. The van der Waals surface area contributed by atoms with Crippen LogP contribution in [0.25, 0.3) is 0 Å². The number of hydrogen-bond donors (Lipinski definition) is 1. The van der Waals surface area contributed by atoms with Gasteiger partial charge in [0.2, 0.25) is 0 Å². The van der Waals surface area contributed by atoms with Crippen LogP contribution < -0.4 is 5.32 Å². The fourth-order valence-electron chi connectivity index (χ4n) is 3.95. The summed E-state index contributed by atoms with van der Waals surface area (Å²) in [7, 11) is 0. The van der Waals surface area contributed by atoms with Gasteiger partial charge < -0.3 is 9.73 Å². The molecule has 3 heterocycles. The predicted molar refractivity (Wildman–Crippen MR) is 114 cm³/mol. The lowest BCUT2D eigenvalue weighted by atomic mass is 9.94. The zero-order valence-electron chi connectivity index (χ0n) is 16.6. The number of carbonyl (C=O) groups excluding carboxylic acids is 1. The molecule has 0 bridgehead atoms. The van der Waals surface area contributed by atoms with Crippen molar-refractivity contribution in [2.75, 3.05) is 18.4 Å². The van der Waals surface area contributed by atoms with Gasteiger partial charge in [0.05, 0.1) is 12.3 Å². The third-order valence-corrected chi connectivity index (χ3v) is 6.71. The smallest absolute Gasteiger partial charge is 0.291 e. The molecular weight excluding hydrogens is 368 g/mol. The molecule has 4 nitrogen and oxygen atoms in total. The van der Waals surface area contributed by atoms with Gasteiger partial charge in [-0.2, -0.15) is 0 Å². The van der Waals surface area contributed by atoms with E-state index in [1.807, 2.05) is 0 Å². The Hall–Kier alpha value is -2.37. The zero-order chi connectivity index (χ0) is 19.7. The molecule has 2 aromatic heterocycles. The first-order chi connectivity index (χ1) is 13.5. The van der Waals surface area contributed by atoms with Crippen molar-refractivity contribution >= 4 is 22.2 Å². The van der Waals surface area contributed by atoms with Gasteiger partial charge in [-0.25, -0.2) is 0 Å². The van der Waals surface area contributed by atoms with E-state index in [0.717, 1.165) is 18.1 Å². The van der Waals surface area contributed by atoms with Gasteiger partial charge in [0, 0.05) is 10.4 Å². The minimum atomic E-state index is -0.198. The Labute approximate surface area is 170 Å². The average Bonchev–Trinajstić information content (AvgIpc) is 3.43. The Morgan fingerprint density at radius 1 is 1.11 bits per heavy atom. The number of aryl methyl sites for hydroxylation is 2. The molecule has 1 saturated heterocycles. The van der Waals surface area contributed by atoms with Crippen molar-refractivity contribution in [3.05, 3.63) is 75.6 Å². The number of benzene rings is 1. The molecule has 0 saturated carbocycles. The molecule has 1 N–H and O–H groups in total. The monoisotopic (exact) mass is 394 g/mol. The Kier molecular flexibility index (Phi) is 5.38. The van der Waals surface area contributed by atoms with Crippen molar-refractivity contribution in [3.8, 4) is 0 Å². The van der Waals surface area contributed by atoms with Gasteiger partial charge in [-0.15, -0.1) is 11.3 Å². The number of nitrogens with one attached hydrogen (secondary N) is 1. The molecule has 28 heavy (non-hydrogen) atoms. The van der Waals surface area contributed by atoms with E-state index in [4.69, 9.17) is 4.42 Å². The second-order valence-corrected chi connectivity index (χ2v) is 8.74. The lowest BCUT2D eigenvalue weighted by molar-refractivity contribution is 0.0997. The van der Waals surface area contributed by atoms with E-state index in [0.29, 0.717) is 5.76 Å². The fraction of sp³-hybridized carbons (Fsp3) is 0.348. The van der Waals surface area contributed by atoms with Crippen molar-refractivity contribution in [2.24, 2.45) is 0 Å². The van der Waals surface area contributed by atoms with Crippen molar-refractivity contribution in [1.29, 1.82) is 0 Å². The summed E-state index contributed by atoms with van der Waals surface area (Å²) in [5.74, 6) is 0.138. The molecule has 1 aromatic carbocycles. The van der Waals surface area contributed by atoms with E-state index in [2.05, 4.69) is 55.3 Å². The summed E-state index contributed by atoms with van der Waals surface area (Å²) in [6.07, 6.45) is 3.97. The molecule has 0 aliphatic carbocycles. The van der Waals surface area contributed by atoms with Gasteiger partial charge in [-0.3, -0.25) is 9.69 Å². The van der Waals surface area contributed by atoms with Gasteiger partial charge in [-0.05, 0) is 70.0 Å². The van der Waals surface area contributed by atoms with Crippen LogP contribution in [-0.4, -0.2) is 23.9 Å². The van der Waals surface area contributed by atoms with Crippen molar-refractivity contribution in [2.45, 2.75) is 39.7 Å². The minimum absolute atomic E-state index is 0.153. The SMILES string of the molecule is Cc1ccc([C@H](c2c(NC(=O)c3ccco3)sc(C)c2C)N2CCCC2)cc1. The zero-order valence-corrected chi connectivity index (χ0v) is 17.4. The lowest BCUT2D eigenvalue weighted by Crippen LogP contribution is -2.27. The number of anilines is 1. The second-order valence-electron chi connectivity index (χ2n) is 7.51. The minimum Gasteiger partial charge on any atom is -0.459 e. The normalized spacial score (nSPS) is 15.7. The average molecular weight is 395 g/mol. The van der Waals surface area contributed by atoms with Gasteiger partial charge in [-0.1, -0.05) is 29.8 Å². The van der Waals surface area contributed by atoms with Crippen LogP contribution in [0.15, 0.2) is 47.1 Å². The molecule has 1 aliphatic rings. The highest BCUT2D eigenvalue weighted by Crippen LogP contribution is 2.43. The van der Waals surface area contributed by atoms with Crippen LogP contribution in [0.4, 0.5) is 5.00 Å². The van der Waals surface area contributed by atoms with Crippen LogP contribution in [0.3, 0.4) is 0 Å². The number of furan rings is 1. The van der Waals surface area contributed by atoms with Crippen LogP contribution in [0.1, 0.15) is 56.6 Å².